The number of piperidine rings is 1. The molecule has 0 radical (unpaired) electrons. The molecule has 0 bridgehead atoms. The second-order valence-electron chi connectivity index (χ2n) is 6.69. The van der Waals surface area contributed by atoms with Gasteiger partial charge in [0.1, 0.15) is 0 Å². The summed E-state index contributed by atoms with van der Waals surface area (Å²) >= 11 is 5.88. The van der Waals surface area contributed by atoms with Crippen molar-refractivity contribution in [2.75, 3.05) is 13.1 Å². The molecule has 0 aliphatic carbocycles. The highest BCUT2D eigenvalue weighted by atomic mass is 35.5. The number of likely N-dealkylation sites (tertiary alicyclic amines) is 1. The normalized spacial score (nSPS) is 19.7. The highest BCUT2D eigenvalue weighted by Crippen LogP contribution is 2.29. The number of rotatable bonds is 2. The van der Waals surface area contributed by atoms with E-state index in [0.29, 0.717) is 29.6 Å². The zero-order chi connectivity index (χ0) is 16.6. The zero-order valence-electron chi connectivity index (χ0n) is 13.7. The van der Waals surface area contributed by atoms with E-state index >= 15 is 0 Å². The molecular weight excluding hydrogens is 349 g/mol. The Morgan fingerprint density at radius 2 is 2.04 bits per heavy atom. The van der Waals surface area contributed by atoms with Crippen LogP contribution in [-0.2, 0) is 0 Å². The molecule has 1 aliphatic heterocycles. The maximum Gasteiger partial charge on any atom is 0.276 e. The summed E-state index contributed by atoms with van der Waals surface area (Å²) in [6.45, 7) is 5.43. The molecule has 7 heteroatoms. The number of halogens is 2. The van der Waals surface area contributed by atoms with Gasteiger partial charge in [0.05, 0.1) is 0 Å². The Kier molecular flexibility index (Phi) is 5.58. The van der Waals surface area contributed by atoms with Crippen LogP contribution < -0.4 is 5.73 Å². The van der Waals surface area contributed by atoms with Gasteiger partial charge in [-0.05, 0) is 36.1 Å². The molecule has 1 aromatic heterocycles. The molecule has 24 heavy (non-hydrogen) atoms. The lowest BCUT2D eigenvalue weighted by Crippen LogP contribution is -2.54. The number of hydrogen-bond donors (Lipinski definition) is 1. The number of benzene rings is 1. The molecule has 1 saturated heterocycles. The van der Waals surface area contributed by atoms with Crippen molar-refractivity contribution in [1.29, 1.82) is 0 Å². The van der Waals surface area contributed by atoms with E-state index in [1.165, 1.54) is 0 Å². The number of amides is 1. The van der Waals surface area contributed by atoms with Crippen molar-refractivity contribution in [1.82, 2.24) is 10.1 Å². The molecule has 1 amide bonds. The van der Waals surface area contributed by atoms with Crippen LogP contribution in [0.1, 0.15) is 30.8 Å². The second-order valence-corrected chi connectivity index (χ2v) is 7.13. The van der Waals surface area contributed by atoms with Crippen LogP contribution in [0, 0.1) is 5.41 Å². The van der Waals surface area contributed by atoms with Gasteiger partial charge >= 0.3 is 0 Å². The van der Waals surface area contributed by atoms with Crippen LogP contribution in [0.5, 0.6) is 0 Å². The van der Waals surface area contributed by atoms with Gasteiger partial charge in [-0.15, -0.1) is 12.4 Å². The molecule has 2 aromatic rings. The van der Waals surface area contributed by atoms with Crippen LogP contribution in [0.4, 0.5) is 0 Å². The molecule has 1 fully saturated rings. The SMILES string of the molecule is CC1(C)CN(C(=O)c2cc(-c3ccc(Cl)cc3)on2)CCC1N.Cl. The molecule has 130 valence electrons. The maximum atomic E-state index is 12.6. The predicted octanol–water partition coefficient (Wildman–Crippen LogP) is 3.62. The van der Waals surface area contributed by atoms with Crippen molar-refractivity contribution >= 4 is 29.9 Å². The first-order chi connectivity index (χ1) is 10.9. The fraction of sp³-hybridized carbons (Fsp3) is 0.412. The first-order valence-electron chi connectivity index (χ1n) is 7.64. The minimum absolute atomic E-state index is 0. The van der Waals surface area contributed by atoms with E-state index in [1.807, 2.05) is 12.1 Å². The van der Waals surface area contributed by atoms with Crippen LogP contribution >= 0.6 is 24.0 Å². The predicted molar refractivity (Wildman–Crippen MR) is 96.5 cm³/mol. The van der Waals surface area contributed by atoms with Crippen LogP contribution in [-0.4, -0.2) is 35.1 Å². The largest absolute Gasteiger partial charge is 0.355 e. The fourth-order valence-corrected chi connectivity index (χ4v) is 2.96. The summed E-state index contributed by atoms with van der Waals surface area (Å²) in [6.07, 6.45) is 0.792. The van der Waals surface area contributed by atoms with E-state index in [4.69, 9.17) is 21.9 Å². The lowest BCUT2D eigenvalue weighted by Gasteiger charge is -2.42. The van der Waals surface area contributed by atoms with Gasteiger partial charge in [-0.3, -0.25) is 4.79 Å². The van der Waals surface area contributed by atoms with E-state index < -0.39 is 0 Å². The van der Waals surface area contributed by atoms with Crippen LogP contribution in [0.15, 0.2) is 34.9 Å². The first kappa shape index (κ1) is 18.8. The van der Waals surface area contributed by atoms with Crippen molar-refractivity contribution in [2.45, 2.75) is 26.3 Å². The van der Waals surface area contributed by atoms with Crippen molar-refractivity contribution in [3.8, 4) is 11.3 Å². The van der Waals surface area contributed by atoms with Gasteiger partial charge in [0, 0.05) is 35.8 Å². The fourth-order valence-electron chi connectivity index (χ4n) is 2.84. The third-order valence-electron chi connectivity index (χ3n) is 4.46. The van der Waals surface area contributed by atoms with Gasteiger partial charge in [0.2, 0.25) is 0 Å². The van der Waals surface area contributed by atoms with E-state index in [2.05, 4.69) is 19.0 Å². The monoisotopic (exact) mass is 369 g/mol. The number of carbonyl (C=O) groups is 1. The van der Waals surface area contributed by atoms with Gasteiger partial charge in [0.25, 0.3) is 5.91 Å². The van der Waals surface area contributed by atoms with Crippen molar-refractivity contribution in [3.05, 3.63) is 41.0 Å². The summed E-state index contributed by atoms with van der Waals surface area (Å²) < 4.78 is 5.31. The molecule has 2 heterocycles. The minimum Gasteiger partial charge on any atom is -0.355 e. The Morgan fingerprint density at radius 3 is 2.67 bits per heavy atom. The molecule has 1 unspecified atom stereocenters. The average Bonchev–Trinajstić information content (AvgIpc) is 3.00. The summed E-state index contributed by atoms with van der Waals surface area (Å²) in [5.41, 5.74) is 7.18. The van der Waals surface area contributed by atoms with E-state index in [-0.39, 0.29) is 29.8 Å². The van der Waals surface area contributed by atoms with E-state index in [9.17, 15) is 4.79 Å². The van der Waals surface area contributed by atoms with Crippen molar-refractivity contribution in [2.24, 2.45) is 11.1 Å². The summed E-state index contributed by atoms with van der Waals surface area (Å²) in [5, 5.41) is 4.58. The Balaban J connectivity index is 0.00000208. The molecule has 0 saturated carbocycles. The first-order valence-corrected chi connectivity index (χ1v) is 8.02. The Hall–Kier alpha value is -1.56. The van der Waals surface area contributed by atoms with Gasteiger partial charge < -0.3 is 15.2 Å². The second kappa shape index (κ2) is 7.13. The molecule has 5 nitrogen and oxygen atoms in total. The third-order valence-corrected chi connectivity index (χ3v) is 4.71. The summed E-state index contributed by atoms with van der Waals surface area (Å²) in [7, 11) is 0. The number of hydrogen-bond acceptors (Lipinski definition) is 4. The molecule has 1 atom stereocenters. The van der Waals surface area contributed by atoms with Crippen LogP contribution in [0.25, 0.3) is 11.3 Å². The lowest BCUT2D eigenvalue weighted by molar-refractivity contribution is 0.0523. The Morgan fingerprint density at radius 1 is 1.38 bits per heavy atom. The van der Waals surface area contributed by atoms with Gasteiger partial charge in [-0.1, -0.05) is 30.6 Å². The molecule has 1 aliphatic rings. The standard InChI is InChI=1S/C17H20ClN3O2.ClH/c1-17(2)10-21(8-7-15(17)19)16(22)13-9-14(23-20-13)11-3-5-12(18)6-4-11;/h3-6,9,15H,7-8,10,19H2,1-2H3;1H. The third kappa shape index (κ3) is 3.74. The smallest absolute Gasteiger partial charge is 0.276 e. The topological polar surface area (TPSA) is 72.4 Å². The molecule has 0 spiro atoms. The van der Waals surface area contributed by atoms with E-state index in [0.717, 1.165) is 12.0 Å². The minimum atomic E-state index is -0.117. The summed E-state index contributed by atoms with van der Waals surface area (Å²) in [6, 6.07) is 8.99. The van der Waals surface area contributed by atoms with Gasteiger partial charge in [-0.25, -0.2) is 0 Å². The average molecular weight is 370 g/mol. The summed E-state index contributed by atoms with van der Waals surface area (Å²) in [4.78, 5) is 14.4. The van der Waals surface area contributed by atoms with E-state index in [1.54, 1.807) is 23.1 Å². The summed E-state index contributed by atoms with van der Waals surface area (Å²) in [5.74, 6) is 0.437. The molecular formula is C17H21Cl2N3O2. The molecule has 3 rings (SSSR count). The highest BCUT2D eigenvalue weighted by Gasteiger charge is 2.36. The lowest BCUT2D eigenvalue weighted by atomic mass is 9.79. The van der Waals surface area contributed by atoms with Crippen LogP contribution in [0.2, 0.25) is 5.02 Å². The van der Waals surface area contributed by atoms with Crippen molar-refractivity contribution < 1.29 is 9.32 Å². The highest BCUT2D eigenvalue weighted by molar-refractivity contribution is 6.30. The zero-order valence-corrected chi connectivity index (χ0v) is 15.2. The Labute approximate surface area is 152 Å². The molecule has 1 aromatic carbocycles. The Bertz CT molecular complexity index is 713. The molecule has 2 N–H and O–H groups in total. The quantitative estimate of drug-likeness (QED) is 0.877. The number of nitrogens with zero attached hydrogens (tertiary/aromatic N) is 2. The van der Waals surface area contributed by atoms with Gasteiger partial charge in [0.15, 0.2) is 11.5 Å². The van der Waals surface area contributed by atoms with Gasteiger partial charge in [-0.2, -0.15) is 0 Å². The van der Waals surface area contributed by atoms with Crippen LogP contribution in [0.3, 0.4) is 0 Å². The maximum absolute atomic E-state index is 12.6. The number of nitrogens with two attached hydrogens (primary N) is 1. The van der Waals surface area contributed by atoms with Crippen molar-refractivity contribution in [3.63, 3.8) is 0 Å². The number of carbonyl (C=O) groups excluding carboxylic acids is 1. The number of aromatic nitrogens is 1.